The molecule has 2 unspecified atom stereocenters. The van der Waals surface area contributed by atoms with E-state index in [0.29, 0.717) is 41.1 Å². The molecule has 9 nitrogen and oxygen atoms in total. The van der Waals surface area contributed by atoms with Gasteiger partial charge in [0.25, 0.3) is 0 Å². The van der Waals surface area contributed by atoms with E-state index in [-0.39, 0.29) is 11.2 Å². The highest BCUT2D eigenvalue weighted by Crippen LogP contribution is 2.47. The number of hydrogen-bond acceptors (Lipinski definition) is 9. The van der Waals surface area contributed by atoms with E-state index >= 15 is 0 Å². The molecule has 4 fully saturated rings. The van der Waals surface area contributed by atoms with Crippen molar-refractivity contribution in [3.8, 4) is 23.0 Å². The lowest BCUT2D eigenvalue weighted by molar-refractivity contribution is 0.0231. The Hall–Kier alpha value is -3.24. The number of aromatic nitrogens is 3. The lowest BCUT2D eigenvalue weighted by Gasteiger charge is -2.34. The molecular weight excluding hydrogens is 552 g/mol. The molecule has 8 rings (SSSR count). The zero-order chi connectivity index (χ0) is 28.3. The number of ether oxygens (including phenoxy) is 2. The normalized spacial score (nSPS) is 23.5. The number of piperazine rings is 1. The summed E-state index contributed by atoms with van der Waals surface area (Å²) in [4.78, 5) is 19.8. The Morgan fingerprint density at radius 1 is 1.02 bits per heavy atom. The second kappa shape index (κ2) is 10.5. The monoisotopic (exact) mass is 586 g/mol. The summed E-state index contributed by atoms with van der Waals surface area (Å²) in [6.07, 6.45) is 4.68. The highest BCUT2D eigenvalue weighted by Gasteiger charge is 2.45. The van der Waals surface area contributed by atoms with Crippen LogP contribution >= 0.6 is 11.6 Å². The van der Waals surface area contributed by atoms with Gasteiger partial charge in [0.2, 0.25) is 0 Å². The summed E-state index contributed by atoms with van der Waals surface area (Å²) >= 11 is 6.65. The molecule has 2 aromatic heterocycles. The largest absolute Gasteiger partial charge is 0.508 e. The first-order chi connectivity index (χ1) is 20.5. The van der Waals surface area contributed by atoms with E-state index in [9.17, 15) is 5.11 Å². The maximum absolute atomic E-state index is 10.5. The van der Waals surface area contributed by atoms with E-state index in [1.165, 1.54) is 12.8 Å². The average Bonchev–Trinajstić information content (AvgIpc) is 3.69. The maximum atomic E-state index is 10.5. The van der Waals surface area contributed by atoms with Gasteiger partial charge in [0.05, 0.1) is 30.9 Å². The molecular formula is C32H35ClN6O3. The van der Waals surface area contributed by atoms with E-state index in [0.717, 1.165) is 86.3 Å². The molecule has 10 heteroatoms. The van der Waals surface area contributed by atoms with Crippen molar-refractivity contribution in [2.75, 3.05) is 57.4 Å². The van der Waals surface area contributed by atoms with Crippen LogP contribution in [-0.4, -0.2) is 89.6 Å². The predicted molar refractivity (Wildman–Crippen MR) is 164 cm³/mol. The smallest absolute Gasteiger partial charge is 0.320 e. The van der Waals surface area contributed by atoms with Crippen molar-refractivity contribution in [2.45, 2.75) is 37.8 Å². The van der Waals surface area contributed by atoms with Gasteiger partial charge in [-0.05, 0) is 61.4 Å². The number of phenolic OH excluding ortho intramolecular Hbond substituents is 1. The van der Waals surface area contributed by atoms with Gasteiger partial charge in [-0.3, -0.25) is 4.90 Å². The first kappa shape index (κ1) is 26.4. The van der Waals surface area contributed by atoms with Crippen molar-refractivity contribution in [1.82, 2.24) is 25.2 Å². The van der Waals surface area contributed by atoms with Crippen LogP contribution in [0, 0.1) is 5.41 Å². The number of hydrogen-bond donors (Lipinski definition) is 2. The molecule has 0 radical (unpaired) electrons. The van der Waals surface area contributed by atoms with Crippen LogP contribution in [0.1, 0.15) is 25.7 Å². The van der Waals surface area contributed by atoms with Crippen LogP contribution in [0.25, 0.3) is 33.1 Å². The summed E-state index contributed by atoms with van der Waals surface area (Å²) in [6.45, 7) is 6.96. The summed E-state index contributed by atoms with van der Waals surface area (Å²) in [7, 11) is 0. The molecule has 2 N–H and O–H groups in total. The SMILES string of the molecule is Oc1cc(-c2ccc3c(N4CC5CCC(C4)N5)nc(OCC4(CN5CCOCC5)CC4)nc3n2)c2c(Cl)cccc2c1. The number of anilines is 1. The third-order valence-corrected chi connectivity index (χ3v) is 9.66. The maximum Gasteiger partial charge on any atom is 0.320 e. The van der Waals surface area contributed by atoms with E-state index in [2.05, 4.69) is 15.1 Å². The molecule has 2 bridgehead atoms. The highest BCUT2D eigenvalue weighted by atomic mass is 35.5. The van der Waals surface area contributed by atoms with Crippen molar-refractivity contribution < 1.29 is 14.6 Å². The summed E-state index contributed by atoms with van der Waals surface area (Å²) in [5, 5.41) is 17.5. The molecule has 3 saturated heterocycles. The van der Waals surface area contributed by atoms with Crippen molar-refractivity contribution in [3.63, 3.8) is 0 Å². The van der Waals surface area contributed by atoms with Gasteiger partial charge < -0.3 is 24.8 Å². The summed E-state index contributed by atoms with van der Waals surface area (Å²) < 4.78 is 12.0. The Morgan fingerprint density at radius 3 is 2.62 bits per heavy atom. The number of phenols is 1. The molecule has 0 spiro atoms. The number of pyridine rings is 1. The number of fused-ring (bicyclic) bond motifs is 4. The number of nitrogens with one attached hydrogen (secondary N) is 1. The predicted octanol–water partition coefficient (Wildman–Crippen LogP) is 4.64. The van der Waals surface area contributed by atoms with Crippen molar-refractivity contribution in [1.29, 1.82) is 0 Å². The van der Waals surface area contributed by atoms with Gasteiger partial charge in [0, 0.05) is 66.2 Å². The molecule has 2 aromatic carbocycles. The number of morpholine rings is 1. The Morgan fingerprint density at radius 2 is 1.83 bits per heavy atom. The molecule has 218 valence electrons. The van der Waals surface area contributed by atoms with Gasteiger partial charge >= 0.3 is 6.01 Å². The van der Waals surface area contributed by atoms with Gasteiger partial charge in [-0.15, -0.1) is 0 Å². The van der Waals surface area contributed by atoms with Crippen LogP contribution < -0.4 is 15.0 Å². The van der Waals surface area contributed by atoms with E-state index < -0.39 is 0 Å². The number of halogens is 1. The van der Waals surface area contributed by atoms with Crippen molar-refractivity contribution in [3.05, 3.63) is 47.5 Å². The van der Waals surface area contributed by atoms with Gasteiger partial charge in [-0.1, -0.05) is 23.7 Å². The molecule has 1 aliphatic carbocycles. The van der Waals surface area contributed by atoms with Crippen LogP contribution in [0.5, 0.6) is 11.8 Å². The van der Waals surface area contributed by atoms with Gasteiger partial charge in [-0.2, -0.15) is 9.97 Å². The van der Waals surface area contributed by atoms with Crippen molar-refractivity contribution in [2.24, 2.45) is 5.41 Å². The molecule has 1 saturated carbocycles. The number of aromatic hydroxyl groups is 1. The number of nitrogens with zero attached hydrogens (tertiary/aromatic N) is 5. The lowest BCUT2D eigenvalue weighted by atomic mass is 10.0. The van der Waals surface area contributed by atoms with Crippen LogP contribution in [-0.2, 0) is 4.74 Å². The first-order valence-corrected chi connectivity index (χ1v) is 15.4. The molecule has 3 aliphatic heterocycles. The molecule has 42 heavy (non-hydrogen) atoms. The minimum absolute atomic E-state index is 0.149. The second-order valence-electron chi connectivity index (χ2n) is 12.4. The Labute approximate surface area is 249 Å². The van der Waals surface area contributed by atoms with Gasteiger partial charge in [0.15, 0.2) is 5.65 Å². The van der Waals surface area contributed by atoms with Crippen molar-refractivity contribution >= 4 is 39.2 Å². The number of rotatable bonds is 7. The molecule has 5 heterocycles. The number of benzene rings is 2. The van der Waals surface area contributed by atoms with E-state index in [1.54, 1.807) is 12.1 Å². The third kappa shape index (κ3) is 5.02. The molecule has 4 aromatic rings. The minimum Gasteiger partial charge on any atom is -0.508 e. The quantitative estimate of drug-likeness (QED) is 0.321. The van der Waals surface area contributed by atoms with E-state index in [1.807, 2.05) is 30.3 Å². The first-order valence-electron chi connectivity index (χ1n) is 15.1. The lowest BCUT2D eigenvalue weighted by Crippen LogP contribution is -2.51. The molecule has 0 amide bonds. The summed E-state index contributed by atoms with van der Waals surface area (Å²) in [5.41, 5.74) is 2.19. The zero-order valence-electron chi connectivity index (χ0n) is 23.6. The second-order valence-corrected chi connectivity index (χ2v) is 12.9. The summed E-state index contributed by atoms with van der Waals surface area (Å²) in [6, 6.07) is 14.5. The van der Waals surface area contributed by atoms with Crippen LogP contribution in [0.15, 0.2) is 42.5 Å². The van der Waals surface area contributed by atoms with Crippen LogP contribution in [0.3, 0.4) is 0 Å². The minimum atomic E-state index is 0.149. The average molecular weight is 587 g/mol. The molecule has 2 atom stereocenters. The third-order valence-electron chi connectivity index (χ3n) is 9.35. The Bertz CT molecular complexity index is 1640. The van der Waals surface area contributed by atoms with Crippen LogP contribution in [0.2, 0.25) is 5.02 Å². The van der Waals surface area contributed by atoms with E-state index in [4.69, 9.17) is 36.0 Å². The fraction of sp³-hybridized carbons (Fsp3) is 0.469. The van der Waals surface area contributed by atoms with Gasteiger partial charge in [0.1, 0.15) is 11.6 Å². The topological polar surface area (TPSA) is 95.9 Å². The van der Waals surface area contributed by atoms with Crippen LogP contribution in [0.4, 0.5) is 5.82 Å². The fourth-order valence-electron chi connectivity index (χ4n) is 6.94. The molecule has 4 aliphatic rings. The highest BCUT2D eigenvalue weighted by molar-refractivity contribution is 6.36. The Kier molecular flexibility index (Phi) is 6.59. The standard InChI is InChI=1S/C32H35ClN6O3/c33-26-3-1-2-20-14-23(40)15-25(28(20)26)27-7-6-24-29(35-27)36-31(37-30(24)39-16-21-4-5-22(17-39)34-21)42-19-32(8-9-32)18-38-10-12-41-13-11-38/h1-3,6-7,14-15,21-22,34,40H,4-5,8-13,16-19H2. The summed E-state index contributed by atoms with van der Waals surface area (Å²) in [5.74, 6) is 1.05. The zero-order valence-corrected chi connectivity index (χ0v) is 24.3. The van der Waals surface area contributed by atoms with Gasteiger partial charge in [-0.25, -0.2) is 4.98 Å². The Balaban J connectivity index is 1.17. The fourth-order valence-corrected chi connectivity index (χ4v) is 7.23.